The maximum atomic E-state index is 12.7. The molecule has 0 heterocycles. The Hall–Kier alpha value is -1.77. The van der Waals surface area contributed by atoms with Crippen LogP contribution in [0.25, 0.3) is 0 Å². The number of rotatable bonds is 44. The first-order chi connectivity index (χ1) is 28.5. The highest BCUT2D eigenvalue weighted by molar-refractivity contribution is 7.47. The van der Waals surface area contributed by atoms with E-state index in [0.717, 1.165) is 51.4 Å². The van der Waals surface area contributed by atoms with E-state index < -0.39 is 26.5 Å². The van der Waals surface area contributed by atoms with Crippen molar-refractivity contribution in [1.82, 2.24) is 0 Å². The summed E-state index contributed by atoms with van der Waals surface area (Å²) in [7, 11) is 1.47. The second kappa shape index (κ2) is 41.6. The van der Waals surface area contributed by atoms with Gasteiger partial charge in [0.25, 0.3) is 0 Å². The molecule has 2 unspecified atom stereocenters. The monoisotopic (exact) mass is 855 g/mol. The van der Waals surface area contributed by atoms with E-state index in [-0.39, 0.29) is 32.0 Å². The quantitative estimate of drug-likeness (QED) is 0.0212. The molecule has 0 rings (SSSR count). The van der Waals surface area contributed by atoms with Crippen LogP contribution in [0.1, 0.15) is 213 Å². The molecule has 0 bridgehead atoms. The van der Waals surface area contributed by atoms with E-state index in [1.54, 1.807) is 0 Å². The Kier molecular flexibility index (Phi) is 40.3. The fraction of sp³-hybridized carbons (Fsp3) is 0.837. The van der Waals surface area contributed by atoms with Crippen LogP contribution >= 0.6 is 7.82 Å². The van der Waals surface area contributed by atoms with Crippen LogP contribution < -0.4 is 0 Å². The molecule has 0 aromatic heterocycles. The summed E-state index contributed by atoms with van der Waals surface area (Å²) in [6.45, 7) is 4.40. The van der Waals surface area contributed by atoms with E-state index in [4.69, 9.17) is 18.5 Å². The normalized spacial score (nSPS) is 13.8. The van der Waals surface area contributed by atoms with E-state index in [9.17, 15) is 19.0 Å². The predicted molar refractivity (Wildman–Crippen MR) is 247 cm³/mol. The van der Waals surface area contributed by atoms with Gasteiger partial charge in [-0.1, -0.05) is 166 Å². The lowest BCUT2D eigenvalue weighted by molar-refractivity contribution is -0.870. The standard InChI is InChI=1S/C49H92NO8P/c1-6-8-10-12-14-16-18-20-22-24-26-27-29-31-33-35-37-39-41-48(51)55-45-47(46-57-59(53,54)56-44-43-50(3,4)5)58-49(52)42-40-38-36-34-32-30-28-25-23-21-19-17-15-13-11-9-7-2/h15,17,21-24,47H,6-14,16,18-20,25-46H2,1-5H3/p+1/b17-15-,23-21-,24-22-. The second-order valence-corrected chi connectivity index (χ2v) is 18.9. The van der Waals surface area contributed by atoms with E-state index in [1.807, 2.05) is 21.1 Å². The van der Waals surface area contributed by atoms with Crippen LogP contribution in [0.3, 0.4) is 0 Å². The fourth-order valence-electron chi connectivity index (χ4n) is 6.57. The van der Waals surface area contributed by atoms with Crippen molar-refractivity contribution in [1.29, 1.82) is 0 Å². The molecule has 346 valence electrons. The van der Waals surface area contributed by atoms with Gasteiger partial charge >= 0.3 is 19.8 Å². The highest BCUT2D eigenvalue weighted by atomic mass is 31.2. The SMILES string of the molecule is CCCCC/C=C\C/C=C\CCCCCCCCCC(=O)OC(COC(=O)CCCCCCCCC/C=C\CCCCCCCCC)COP(=O)(O)OCC[N+](C)(C)C. The van der Waals surface area contributed by atoms with E-state index in [1.165, 1.54) is 128 Å². The van der Waals surface area contributed by atoms with Crippen molar-refractivity contribution in [3.8, 4) is 0 Å². The predicted octanol–water partition coefficient (Wildman–Crippen LogP) is 14.1. The van der Waals surface area contributed by atoms with Crippen molar-refractivity contribution < 1.29 is 42.1 Å². The number of nitrogens with zero attached hydrogens (tertiary/aromatic N) is 1. The van der Waals surface area contributed by atoms with Gasteiger partial charge in [-0.05, 0) is 70.6 Å². The van der Waals surface area contributed by atoms with E-state index in [0.29, 0.717) is 17.4 Å². The number of likely N-dealkylation sites (N-methyl/N-ethyl adjacent to an activating group) is 1. The van der Waals surface area contributed by atoms with Crippen molar-refractivity contribution in [2.75, 3.05) is 47.5 Å². The minimum absolute atomic E-state index is 0.0294. The van der Waals surface area contributed by atoms with Crippen molar-refractivity contribution >= 4 is 19.8 Å². The summed E-state index contributed by atoms with van der Waals surface area (Å²) in [6.07, 6.45) is 47.6. The summed E-state index contributed by atoms with van der Waals surface area (Å²) in [5.74, 6) is -0.808. The average molecular weight is 855 g/mol. The van der Waals surface area contributed by atoms with Crippen LogP contribution in [-0.2, 0) is 32.7 Å². The Bertz CT molecular complexity index is 1100. The molecule has 59 heavy (non-hydrogen) atoms. The molecule has 0 fully saturated rings. The van der Waals surface area contributed by atoms with Crippen molar-refractivity contribution in [2.45, 2.75) is 219 Å². The van der Waals surface area contributed by atoms with Crippen LogP contribution in [0.15, 0.2) is 36.5 Å². The summed E-state index contributed by atoms with van der Waals surface area (Å²) in [6, 6.07) is 0. The summed E-state index contributed by atoms with van der Waals surface area (Å²) >= 11 is 0. The molecule has 0 aromatic carbocycles. The molecule has 2 atom stereocenters. The van der Waals surface area contributed by atoms with Crippen LogP contribution in [0.5, 0.6) is 0 Å². The van der Waals surface area contributed by atoms with Gasteiger partial charge in [0.1, 0.15) is 19.8 Å². The highest BCUT2D eigenvalue weighted by Gasteiger charge is 2.27. The molecule has 10 heteroatoms. The third-order valence-electron chi connectivity index (χ3n) is 10.4. The zero-order chi connectivity index (χ0) is 43.6. The van der Waals surface area contributed by atoms with Gasteiger partial charge in [0.15, 0.2) is 6.10 Å². The van der Waals surface area contributed by atoms with Gasteiger partial charge < -0.3 is 18.9 Å². The van der Waals surface area contributed by atoms with Crippen molar-refractivity contribution in [3.63, 3.8) is 0 Å². The van der Waals surface area contributed by atoms with Gasteiger partial charge in [-0.2, -0.15) is 0 Å². The third kappa shape index (κ3) is 45.6. The number of unbranched alkanes of at least 4 members (excludes halogenated alkanes) is 24. The maximum absolute atomic E-state index is 12.7. The first-order valence-electron chi connectivity index (χ1n) is 24.2. The number of carbonyl (C=O) groups is 2. The van der Waals surface area contributed by atoms with Gasteiger partial charge in [0, 0.05) is 12.8 Å². The van der Waals surface area contributed by atoms with Crippen molar-refractivity contribution in [2.24, 2.45) is 0 Å². The molecule has 0 aliphatic heterocycles. The maximum Gasteiger partial charge on any atom is 0.472 e. The zero-order valence-electron chi connectivity index (χ0n) is 39.0. The summed E-state index contributed by atoms with van der Waals surface area (Å²) in [4.78, 5) is 35.5. The molecule has 0 amide bonds. The van der Waals surface area contributed by atoms with Gasteiger partial charge in [-0.3, -0.25) is 18.6 Å². The van der Waals surface area contributed by atoms with E-state index in [2.05, 4.69) is 50.3 Å². The number of quaternary nitrogens is 1. The van der Waals surface area contributed by atoms with Crippen LogP contribution in [0.2, 0.25) is 0 Å². The van der Waals surface area contributed by atoms with Crippen LogP contribution in [-0.4, -0.2) is 74.9 Å². The van der Waals surface area contributed by atoms with Crippen LogP contribution in [0, 0.1) is 0 Å². The molecular formula is C49H93NO8P+. The molecule has 0 aliphatic rings. The van der Waals surface area contributed by atoms with Crippen LogP contribution in [0.4, 0.5) is 0 Å². The number of ether oxygens (including phenoxy) is 2. The van der Waals surface area contributed by atoms with Gasteiger partial charge in [0.05, 0.1) is 27.7 Å². The molecular weight excluding hydrogens is 762 g/mol. The number of phosphoric ester groups is 1. The first kappa shape index (κ1) is 57.2. The van der Waals surface area contributed by atoms with E-state index >= 15 is 0 Å². The fourth-order valence-corrected chi connectivity index (χ4v) is 7.31. The highest BCUT2D eigenvalue weighted by Crippen LogP contribution is 2.43. The zero-order valence-corrected chi connectivity index (χ0v) is 39.9. The van der Waals surface area contributed by atoms with Gasteiger partial charge in [-0.15, -0.1) is 0 Å². The molecule has 1 N–H and O–H groups in total. The number of carbonyl (C=O) groups excluding carboxylic acids is 2. The molecule has 0 radical (unpaired) electrons. The Morgan fingerprint density at radius 2 is 0.915 bits per heavy atom. The number of hydrogen-bond acceptors (Lipinski definition) is 7. The van der Waals surface area contributed by atoms with Crippen molar-refractivity contribution in [3.05, 3.63) is 36.5 Å². The Labute approximate surface area is 363 Å². The Morgan fingerprint density at radius 1 is 0.525 bits per heavy atom. The number of esters is 2. The smallest absolute Gasteiger partial charge is 0.462 e. The van der Waals surface area contributed by atoms with Gasteiger partial charge in [-0.25, -0.2) is 4.57 Å². The largest absolute Gasteiger partial charge is 0.472 e. The number of phosphoric acid groups is 1. The Morgan fingerprint density at radius 3 is 1.39 bits per heavy atom. The molecule has 0 spiro atoms. The number of allylic oxidation sites excluding steroid dienone is 6. The summed E-state index contributed by atoms with van der Waals surface area (Å²) in [5, 5.41) is 0. The molecule has 0 saturated heterocycles. The first-order valence-corrected chi connectivity index (χ1v) is 25.7. The summed E-state index contributed by atoms with van der Waals surface area (Å²) < 4.78 is 34.4. The minimum Gasteiger partial charge on any atom is -0.462 e. The lowest BCUT2D eigenvalue weighted by atomic mass is 10.1. The lowest BCUT2D eigenvalue weighted by Gasteiger charge is -2.24. The molecule has 9 nitrogen and oxygen atoms in total. The summed E-state index contributed by atoms with van der Waals surface area (Å²) in [5.41, 5.74) is 0. The topological polar surface area (TPSA) is 108 Å². The van der Waals surface area contributed by atoms with Gasteiger partial charge in [0.2, 0.25) is 0 Å². The third-order valence-corrected chi connectivity index (χ3v) is 11.4. The molecule has 0 aromatic rings. The lowest BCUT2D eigenvalue weighted by Crippen LogP contribution is -2.37. The molecule has 0 aliphatic carbocycles. The Balaban J connectivity index is 4.31. The minimum atomic E-state index is -4.38. The second-order valence-electron chi connectivity index (χ2n) is 17.5. The molecule has 0 saturated carbocycles. The average Bonchev–Trinajstić information content (AvgIpc) is 3.19. The number of hydrogen-bond donors (Lipinski definition) is 1.